The highest BCUT2D eigenvalue weighted by Gasteiger charge is 2.26. The van der Waals surface area contributed by atoms with E-state index >= 15 is 0 Å². The van der Waals surface area contributed by atoms with Gasteiger partial charge in [0.05, 0.1) is 0 Å². The van der Waals surface area contributed by atoms with Gasteiger partial charge in [0.1, 0.15) is 0 Å². The summed E-state index contributed by atoms with van der Waals surface area (Å²) in [5.74, 6) is 1.76. The van der Waals surface area contributed by atoms with Gasteiger partial charge in [-0.05, 0) is 23.7 Å². The molecule has 0 aromatic carbocycles. The van der Waals surface area contributed by atoms with Crippen molar-refractivity contribution in [3.63, 3.8) is 0 Å². The zero-order chi connectivity index (χ0) is 21.3. The molecule has 0 saturated carbocycles. The van der Waals surface area contributed by atoms with Gasteiger partial charge in [0, 0.05) is 22.3 Å². The number of hydrogen-bond acceptors (Lipinski definition) is 1. The van der Waals surface area contributed by atoms with E-state index in [4.69, 9.17) is 0 Å². The molecule has 0 aromatic heterocycles. The molecule has 0 unspecified atom stereocenters. The number of unbranched alkanes of at least 4 members (excludes halogenated alkanes) is 12. The van der Waals surface area contributed by atoms with E-state index in [0.717, 1.165) is 11.5 Å². The molecule has 0 saturated heterocycles. The summed E-state index contributed by atoms with van der Waals surface area (Å²) in [6.07, 6.45) is 21.5. The highest BCUT2D eigenvalue weighted by Crippen LogP contribution is 2.30. The van der Waals surface area contributed by atoms with Crippen LogP contribution in [0.15, 0.2) is 0 Å². The third-order valence-corrected chi connectivity index (χ3v) is 8.22. The Hall–Kier alpha value is 0.150. The first-order chi connectivity index (χ1) is 13.2. The highest BCUT2D eigenvalue weighted by atomic mass is 32.2. The Morgan fingerprint density at radius 3 is 1.11 bits per heavy atom. The predicted molar refractivity (Wildman–Crippen MR) is 131 cm³/mol. The van der Waals surface area contributed by atoms with E-state index in [2.05, 4.69) is 41.5 Å². The van der Waals surface area contributed by atoms with Crippen molar-refractivity contribution in [2.75, 3.05) is 11.5 Å². The van der Waals surface area contributed by atoms with Crippen molar-refractivity contribution in [2.45, 2.75) is 144 Å². The van der Waals surface area contributed by atoms with Gasteiger partial charge >= 0.3 is 0 Å². The van der Waals surface area contributed by atoms with Gasteiger partial charge in [-0.1, -0.05) is 131 Å². The van der Waals surface area contributed by atoms with Crippen LogP contribution in [0.2, 0.25) is 0 Å². The second-order valence-corrected chi connectivity index (χ2v) is 12.3. The standard InChI is InChI=1S/C26H54OS/c1-7-9-11-13-15-17-19-21-25(3,4)23-28(27)24-26(5,6)22-20-18-16-14-12-10-8-2/h7-24H2,1-6H3. The first-order valence-corrected chi connectivity index (χ1v) is 14.1. The zero-order valence-corrected chi connectivity index (χ0v) is 21.4. The van der Waals surface area contributed by atoms with Crippen molar-refractivity contribution in [1.82, 2.24) is 0 Å². The molecule has 0 aliphatic carbocycles. The van der Waals surface area contributed by atoms with E-state index in [9.17, 15) is 4.21 Å². The van der Waals surface area contributed by atoms with Crippen LogP contribution in [-0.2, 0) is 10.8 Å². The number of hydrogen-bond donors (Lipinski definition) is 0. The van der Waals surface area contributed by atoms with Gasteiger partial charge < -0.3 is 0 Å². The van der Waals surface area contributed by atoms with Crippen LogP contribution in [0, 0.1) is 10.8 Å². The van der Waals surface area contributed by atoms with Gasteiger partial charge in [0.15, 0.2) is 0 Å². The van der Waals surface area contributed by atoms with Gasteiger partial charge in [-0.2, -0.15) is 0 Å². The van der Waals surface area contributed by atoms with Crippen LogP contribution in [0.4, 0.5) is 0 Å². The molecule has 0 N–H and O–H groups in total. The average Bonchev–Trinajstić information content (AvgIpc) is 2.59. The molecule has 28 heavy (non-hydrogen) atoms. The third kappa shape index (κ3) is 18.2. The van der Waals surface area contributed by atoms with Crippen molar-refractivity contribution in [1.29, 1.82) is 0 Å². The van der Waals surface area contributed by atoms with E-state index in [-0.39, 0.29) is 10.8 Å². The summed E-state index contributed by atoms with van der Waals surface area (Å²) in [6.45, 7) is 13.9. The quantitative estimate of drug-likeness (QED) is 0.181. The Balaban J connectivity index is 3.91. The smallest absolute Gasteiger partial charge is 0.0286 e. The highest BCUT2D eigenvalue weighted by molar-refractivity contribution is 7.85. The predicted octanol–water partition coefficient (Wildman–Crippen LogP) is 9.07. The van der Waals surface area contributed by atoms with Crippen LogP contribution in [0.5, 0.6) is 0 Å². The van der Waals surface area contributed by atoms with Crippen LogP contribution in [-0.4, -0.2) is 15.7 Å². The third-order valence-electron chi connectivity index (χ3n) is 6.02. The summed E-state index contributed by atoms with van der Waals surface area (Å²) in [5, 5.41) is 0. The second kappa shape index (κ2) is 16.9. The first-order valence-electron chi connectivity index (χ1n) is 12.6. The van der Waals surface area contributed by atoms with Gasteiger partial charge in [-0.3, -0.25) is 4.21 Å². The maximum absolute atomic E-state index is 12.8. The van der Waals surface area contributed by atoms with Crippen molar-refractivity contribution in [3.8, 4) is 0 Å². The molecule has 0 aliphatic heterocycles. The van der Waals surface area contributed by atoms with Crippen LogP contribution in [0.25, 0.3) is 0 Å². The molecule has 0 amide bonds. The van der Waals surface area contributed by atoms with Crippen molar-refractivity contribution in [2.24, 2.45) is 10.8 Å². The SMILES string of the molecule is CCCCCCCCCC(C)(C)CS(=O)CC(C)(C)CCCCCCCCC. The average molecular weight is 415 g/mol. The second-order valence-electron chi connectivity index (χ2n) is 10.8. The molecule has 0 aliphatic rings. The van der Waals surface area contributed by atoms with Gasteiger partial charge in [0.2, 0.25) is 0 Å². The maximum atomic E-state index is 12.8. The first kappa shape index (κ1) is 28.1. The van der Waals surface area contributed by atoms with E-state index in [1.807, 2.05) is 0 Å². The zero-order valence-electron chi connectivity index (χ0n) is 20.5. The summed E-state index contributed by atoms with van der Waals surface area (Å²) in [5.41, 5.74) is 0.452. The van der Waals surface area contributed by atoms with Crippen LogP contribution < -0.4 is 0 Å². The summed E-state index contributed by atoms with van der Waals surface area (Å²) in [7, 11) is -0.682. The molecule has 0 radical (unpaired) electrons. The summed E-state index contributed by atoms with van der Waals surface area (Å²) >= 11 is 0. The molecular formula is C26H54OS. The van der Waals surface area contributed by atoms with Gasteiger partial charge in [-0.15, -0.1) is 0 Å². The van der Waals surface area contributed by atoms with E-state index in [0.29, 0.717) is 0 Å². The summed E-state index contributed by atoms with van der Waals surface area (Å²) in [6, 6.07) is 0. The minimum absolute atomic E-state index is 0.226. The van der Waals surface area contributed by atoms with Gasteiger partial charge in [-0.25, -0.2) is 0 Å². The largest absolute Gasteiger partial charge is 0.260 e. The molecule has 170 valence electrons. The molecule has 2 heteroatoms. The molecule has 0 rings (SSSR count). The fourth-order valence-electron chi connectivity index (χ4n) is 4.19. The summed E-state index contributed by atoms with van der Waals surface area (Å²) in [4.78, 5) is 0. The van der Waals surface area contributed by atoms with Crippen molar-refractivity contribution in [3.05, 3.63) is 0 Å². The molecule has 1 nitrogen and oxygen atoms in total. The molecule has 0 spiro atoms. The van der Waals surface area contributed by atoms with Crippen LogP contribution in [0.3, 0.4) is 0 Å². The Kier molecular flexibility index (Phi) is 17.0. The Bertz CT molecular complexity index is 339. The minimum Gasteiger partial charge on any atom is -0.260 e. The fourth-order valence-corrected chi connectivity index (χ4v) is 6.32. The topological polar surface area (TPSA) is 17.1 Å². The normalized spacial score (nSPS) is 12.8. The van der Waals surface area contributed by atoms with Crippen molar-refractivity contribution < 1.29 is 4.21 Å². The molecule has 0 heterocycles. The fraction of sp³-hybridized carbons (Fsp3) is 1.00. The summed E-state index contributed by atoms with van der Waals surface area (Å²) < 4.78 is 12.8. The monoisotopic (exact) mass is 414 g/mol. The molecule has 0 aromatic rings. The van der Waals surface area contributed by atoms with Crippen LogP contribution >= 0.6 is 0 Å². The van der Waals surface area contributed by atoms with E-state index < -0.39 is 10.8 Å². The Labute approximate surface area is 181 Å². The molecule has 0 fully saturated rings. The van der Waals surface area contributed by atoms with Crippen molar-refractivity contribution >= 4 is 10.8 Å². The van der Waals surface area contributed by atoms with E-state index in [1.54, 1.807) is 0 Å². The van der Waals surface area contributed by atoms with E-state index in [1.165, 1.54) is 103 Å². The molecular weight excluding hydrogens is 360 g/mol. The van der Waals surface area contributed by atoms with Crippen LogP contribution in [0.1, 0.15) is 144 Å². The lowest BCUT2D eigenvalue weighted by atomic mass is 9.88. The minimum atomic E-state index is -0.682. The maximum Gasteiger partial charge on any atom is 0.0286 e. The Morgan fingerprint density at radius 1 is 0.500 bits per heavy atom. The lowest BCUT2D eigenvalue weighted by Crippen LogP contribution is -2.28. The lowest BCUT2D eigenvalue weighted by molar-refractivity contribution is 0.348. The Morgan fingerprint density at radius 2 is 0.786 bits per heavy atom. The lowest BCUT2D eigenvalue weighted by Gasteiger charge is -2.28. The number of rotatable bonds is 20. The molecule has 0 bridgehead atoms. The molecule has 0 atom stereocenters. The van der Waals surface area contributed by atoms with Gasteiger partial charge in [0.25, 0.3) is 0 Å².